The van der Waals surface area contributed by atoms with E-state index in [2.05, 4.69) is 23.2 Å². The number of carbonyl (C=O) groups excluding carboxylic acids is 1. The number of hydrogen-bond acceptors (Lipinski definition) is 4. The first-order valence-electron chi connectivity index (χ1n) is 9.95. The maximum absolute atomic E-state index is 12.7. The van der Waals surface area contributed by atoms with Crippen molar-refractivity contribution < 1.29 is 14.3 Å². The summed E-state index contributed by atoms with van der Waals surface area (Å²) in [5, 5.41) is 3.16. The molecule has 1 aliphatic rings. The molecule has 1 aliphatic heterocycles. The number of hydrogen-bond donors (Lipinski definition) is 1. The first-order chi connectivity index (χ1) is 13.6. The summed E-state index contributed by atoms with van der Waals surface area (Å²) in [6, 6.07) is 14.0. The van der Waals surface area contributed by atoms with Crippen LogP contribution in [0.1, 0.15) is 46.4 Å². The Morgan fingerprint density at radius 2 is 1.89 bits per heavy atom. The second-order valence-electron chi connectivity index (χ2n) is 7.25. The second-order valence-corrected chi connectivity index (χ2v) is 7.25. The first-order valence-corrected chi connectivity index (χ1v) is 9.95. The highest BCUT2D eigenvalue weighted by molar-refractivity contribution is 5.94. The zero-order valence-electron chi connectivity index (χ0n) is 17.0. The van der Waals surface area contributed by atoms with Gasteiger partial charge in [0.2, 0.25) is 0 Å². The molecule has 0 unspecified atom stereocenters. The lowest BCUT2D eigenvalue weighted by molar-refractivity contribution is 0.0342. The topological polar surface area (TPSA) is 50.8 Å². The van der Waals surface area contributed by atoms with E-state index in [1.165, 1.54) is 5.56 Å². The highest BCUT2D eigenvalue weighted by Crippen LogP contribution is 2.24. The molecule has 0 saturated carbocycles. The van der Waals surface area contributed by atoms with Gasteiger partial charge in [-0.15, -0.1) is 0 Å². The summed E-state index contributed by atoms with van der Waals surface area (Å²) in [7, 11) is 1.67. The molecule has 5 heteroatoms. The van der Waals surface area contributed by atoms with Crippen molar-refractivity contribution in [3.8, 4) is 5.75 Å². The van der Waals surface area contributed by atoms with Crippen LogP contribution in [0.2, 0.25) is 0 Å². The van der Waals surface area contributed by atoms with Gasteiger partial charge in [0.05, 0.1) is 26.4 Å². The van der Waals surface area contributed by atoms with Crippen molar-refractivity contribution in [3.05, 3.63) is 64.7 Å². The number of benzene rings is 2. The number of aryl methyl sites for hydroxylation is 1. The van der Waals surface area contributed by atoms with Gasteiger partial charge in [0.1, 0.15) is 5.75 Å². The Labute approximate surface area is 167 Å². The third-order valence-electron chi connectivity index (χ3n) is 5.26. The number of nitrogens with zero attached hydrogens (tertiary/aromatic N) is 1. The molecule has 0 spiro atoms. The Bertz CT molecular complexity index is 783. The minimum atomic E-state index is -0.0433. The van der Waals surface area contributed by atoms with Crippen LogP contribution in [0.25, 0.3) is 0 Å². The summed E-state index contributed by atoms with van der Waals surface area (Å²) in [5.74, 6) is 0.819. The van der Waals surface area contributed by atoms with E-state index in [0.717, 1.165) is 56.1 Å². The van der Waals surface area contributed by atoms with Gasteiger partial charge in [-0.05, 0) is 48.2 Å². The van der Waals surface area contributed by atoms with Gasteiger partial charge in [-0.25, -0.2) is 0 Å². The van der Waals surface area contributed by atoms with Gasteiger partial charge in [0.15, 0.2) is 0 Å². The number of ether oxygens (including phenoxy) is 2. The van der Waals surface area contributed by atoms with Crippen molar-refractivity contribution >= 4 is 5.91 Å². The largest absolute Gasteiger partial charge is 0.496 e. The minimum absolute atomic E-state index is 0.0230. The molecule has 1 heterocycles. The predicted molar refractivity (Wildman–Crippen MR) is 111 cm³/mol. The van der Waals surface area contributed by atoms with Gasteiger partial charge in [-0.1, -0.05) is 31.2 Å². The molecule has 0 aromatic heterocycles. The van der Waals surface area contributed by atoms with Crippen LogP contribution < -0.4 is 10.1 Å². The van der Waals surface area contributed by atoms with E-state index in [9.17, 15) is 4.79 Å². The van der Waals surface area contributed by atoms with Crippen LogP contribution >= 0.6 is 0 Å². The molecule has 2 aromatic carbocycles. The Balaban J connectivity index is 1.63. The minimum Gasteiger partial charge on any atom is -0.496 e. The maximum Gasteiger partial charge on any atom is 0.251 e. The quantitative estimate of drug-likeness (QED) is 0.793. The van der Waals surface area contributed by atoms with Crippen molar-refractivity contribution in [3.63, 3.8) is 0 Å². The fourth-order valence-corrected chi connectivity index (χ4v) is 3.56. The molecule has 1 saturated heterocycles. The number of morpholine rings is 1. The van der Waals surface area contributed by atoms with Crippen molar-refractivity contribution in [2.75, 3.05) is 33.4 Å². The number of nitrogens with one attached hydrogen (secondary N) is 1. The summed E-state index contributed by atoms with van der Waals surface area (Å²) in [6.45, 7) is 8.50. The molecule has 150 valence electrons. The van der Waals surface area contributed by atoms with E-state index in [1.807, 2.05) is 43.3 Å². The van der Waals surface area contributed by atoms with E-state index in [1.54, 1.807) is 7.11 Å². The van der Waals surface area contributed by atoms with Crippen LogP contribution in [0, 0.1) is 6.92 Å². The molecular weight excluding hydrogens is 352 g/mol. The number of amides is 1. The van der Waals surface area contributed by atoms with E-state index >= 15 is 0 Å². The fourth-order valence-electron chi connectivity index (χ4n) is 3.56. The molecule has 0 bridgehead atoms. The molecule has 1 atom stereocenters. The number of methoxy groups -OCH3 is 1. The van der Waals surface area contributed by atoms with E-state index in [-0.39, 0.29) is 11.9 Å². The third kappa shape index (κ3) is 5.12. The first kappa shape index (κ1) is 20.4. The van der Waals surface area contributed by atoms with Crippen LogP contribution in [0.4, 0.5) is 0 Å². The highest BCUT2D eigenvalue weighted by atomic mass is 16.5. The smallest absolute Gasteiger partial charge is 0.251 e. The molecule has 28 heavy (non-hydrogen) atoms. The standard InChI is InChI=1S/C23H30N2O3/c1-4-21(20-9-10-22(27-3)17(2)15-20)24-23(26)19-7-5-18(6-8-19)16-25-11-13-28-14-12-25/h5-10,15,21H,4,11-14,16H2,1-3H3,(H,24,26)/t21-/m1/s1. The van der Waals surface area contributed by atoms with Gasteiger partial charge in [0, 0.05) is 25.2 Å². The average Bonchev–Trinajstić information content (AvgIpc) is 2.73. The molecule has 0 aliphatic carbocycles. The fraction of sp³-hybridized carbons (Fsp3) is 0.435. The summed E-state index contributed by atoms with van der Waals surface area (Å²) in [6.07, 6.45) is 0.826. The molecule has 2 aromatic rings. The van der Waals surface area contributed by atoms with Crippen LogP contribution in [0.5, 0.6) is 5.75 Å². The Morgan fingerprint density at radius 1 is 1.18 bits per heavy atom. The lowest BCUT2D eigenvalue weighted by Gasteiger charge is -2.26. The third-order valence-corrected chi connectivity index (χ3v) is 5.26. The maximum atomic E-state index is 12.7. The number of carbonyl (C=O) groups is 1. The monoisotopic (exact) mass is 382 g/mol. The predicted octanol–water partition coefficient (Wildman–Crippen LogP) is 3.72. The van der Waals surface area contributed by atoms with E-state index in [0.29, 0.717) is 5.56 Å². The Hall–Kier alpha value is -2.37. The van der Waals surface area contributed by atoms with Gasteiger partial charge in [-0.3, -0.25) is 9.69 Å². The van der Waals surface area contributed by atoms with E-state index in [4.69, 9.17) is 9.47 Å². The van der Waals surface area contributed by atoms with Gasteiger partial charge in [0.25, 0.3) is 5.91 Å². The second kappa shape index (κ2) is 9.71. The van der Waals surface area contributed by atoms with Gasteiger partial charge < -0.3 is 14.8 Å². The number of rotatable bonds is 7. The van der Waals surface area contributed by atoms with E-state index < -0.39 is 0 Å². The summed E-state index contributed by atoms with van der Waals surface area (Å²) < 4.78 is 10.7. The molecule has 3 rings (SSSR count). The molecular formula is C23H30N2O3. The Kier molecular flexibility index (Phi) is 7.06. The zero-order valence-corrected chi connectivity index (χ0v) is 17.0. The summed E-state index contributed by atoms with van der Waals surface area (Å²) in [5.41, 5.74) is 4.07. The zero-order chi connectivity index (χ0) is 19.9. The van der Waals surface area contributed by atoms with Crippen molar-refractivity contribution in [2.24, 2.45) is 0 Å². The van der Waals surface area contributed by atoms with Crippen molar-refractivity contribution in [1.29, 1.82) is 0 Å². The van der Waals surface area contributed by atoms with Crippen molar-refractivity contribution in [1.82, 2.24) is 10.2 Å². The summed E-state index contributed by atoms with van der Waals surface area (Å²) >= 11 is 0. The molecule has 5 nitrogen and oxygen atoms in total. The van der Waals surface area contributed by atoms with Gasteiger partial charge >= 0.3 is 0 Å². The Morgan fingerprint density at radius 3 is 2.50 bits per heavy atom. The molecule has 1 amide bonds. The van der Waals surface area contributed by atoms with Crippen LogP contribution in [0.3, 0.4) is 0 Å². The average molecular weight is 383 g/mol. The highest BCUT2D eigenvalue weighted by Gasteiger charge is 2.16. The molecule has 1 fully saturated rings. The van der Waals surface area contributed by atoms with Crippen LogP contribution in [-0.2, 0) is 11.3 Å². The van der Waals surface area contributed by atoms with Crippen molar-refractivity contribution in [2.45, 2.75) is 32.9 Å². The lowest BCUT2D eigenvalue weighted by Crippen LogP contribution is -2.35. The normalized spacial score (nSPS) is 15.8. The van der Waals surface area contributed by atoms with Gasteiger partial charge in [-0.2, -0.15) is 0 Å². The van der Waals surface area contributed by atoms with Crippen LogP contribution in [-0.4, -0.2) is 44.2 Å². The lowest BCUT2D eigenvalue weighted by atomic mass is 10.0. The summed E-state index contributed by atoms with van der Waals surface area (Å²) in [4.78, 5) is 15.1. The molecule has 1 N–H and O–H groups in total. The molecule has 0 radical (unpaired) electrons. The SMILES string of the molecule is CC[C@@H](NC(=O)c1ccc(CN2CCOCC2)cc1)c1ccc(OC)c(C)c1. The van der Waals surface area contributed by atoms with Crippen LogP contribution in [0.15, 0.2) is 42.5 Å².